The number of benzene rings is 3. The van der Waals surface area contributed by atoms with Crippen LogP contribution in [0.15, 0.2) is 60.7 Å². The number of aryl methyl sites for hydroxylation is 2. The van der Waals surface area contributed by atoms with Crippen LogP contribution in [-0.2, 0) is 13.0 Å². The fourth-order valence-corrected chi connectivity index (χ4v) is 4.08. The van der Waals surface area contributed by atoms with Gasteiger partial charge in [0.1, 0.15) is 11.7 Å². The minimum absolute atomic E-state index is 0.0428. The number of nitrogens with two attached hydrogens (primary N) is 1. The van der Waals surface area contributed by atoms with E-state index in [0.29, 0.717) is 23.2 Å². The third kappa shape index (κ3) is 3.99. The molecule has 162 valence electrons. The van der Waals surface area contributed by atoms with E-state index < -0.39 is 5.97 Å². The van der Waals surface area contributed by atoms with Gasteiger partial charge in [0, 0.05) is 18.5 Å². The molecule has 0 aliphatic rings. The molecule has 0 spiro atoms. The highest BCUT2D eigenvalue weighted by Gasteiger charge is 2.15. The molecule has 0 radical (unpaired) electrons. The fraction of sp³-hybridized carbons (Fsp3) is 0.192. The summed E-state index contributed by atoms with van der Waals surface area (Å²) in [6.07, 6.45) is 1.83. The maximum absolute atomic E-state index is 11.6. The van der Waals surface area contributed by atoms with Crippen LogP contribution in [-0.4, -0.2) is 26.5 Å². The zero-order valence-electron chi connectivity index (χ0n) is 18.2. The van der Waals surface area contributed by atoms with Gasteiger partial charge >= 0.3 is 5.97 Å². The van der Waals surface area contributed by atoms with Crippen LogP contribution in [0.25, 0.3) is 22.2 Å². The lowest BCUT2D eigenvalue weighted by Crippen LogP contribution is -2.12. The van der Waals surface area contributed by atoms with E-state index in [2.05, 4.69) is 11.5 Å². The molecule has 0 atom stereocenters. The van der Waals surface area contributed by atoms with Crippen molar-refractivity contribution in [3.63, 3.8) is 0 Å². The van der Waals surface area contributed by atoms with E-state index in [1.165, 1.54) is 0 Å². The summed E-state index contributed by atoms with van der Waals surface area (Å²) in [6, 6.07) is 18.8. The molecule has 4 N–H and O–H groups in total. The highest BCUT2D eigenvalue weighted by molar-refractivity contribution is 5.99. The maximum Gasteiger partial charge on any atom is 0.336 e. The SMILES string of the molecule is CCCc1nc2c(C)cc(C(=N)N)cc2n1Cc1ccc(-c2ccccc2C(=O)O)cc1. The molecule has 3 aromatic carbocycles. The largest absolute Gasteiger partial charge is 0.478 e. The van der Waals surface area contributed by atoms with Crippen molar-refractivity contribution in [3.8, 4) is 11.1 Å². The van der Waals surface area contributed by atoms with E-state index in [1.807, 2.05) is 55.5 Å². The monoisotopic (exact) mass is 426 g/mol. The Hall–Kier alpha value is -3.93. The predicted molar refractivity (Wildman–Crippen MR) is 127 cm³/mol. The molecule has 0 aliphatic heterocycles. The van der Waals surface area contributed by atoms with E-state index in [9.17, 15) is 9.90 Å². The van der Waals surface area contributed by atoms with Gasteiger partial charge in [-0.15, -0.1) is 0 Å². The number of nitrogens with one attached hydrogen (secondary N) is 1. The lowest BCUT2D eigenvalue weighted by molar-refractivity contribution is 0.0697. The van der Waals surface area contributed by atoms with Crippen molar-refractivity contribution < 1.29 is 9.90 Å². The Morgan fingerprint density at radius 3 is 2.50 bits per heavy atom. The number of nitrogen functional groups attached to an aromatic ring is 1. The molecule has 0 fully saturated rings. The van der Waals surface area contributed by atoms with Gasteiger partial charge in [-0.1, -0.05) is 49.4 Å². The number of nitrogens with zero attached hydrogens (tertiary/aromatic N) is 2. The van der Waals surface area contributed by atoms with E-state index in [1.54, 1.807) is 12.1 Å². The second-order valence-corrected chi connectivity index (χ2v) is 7.99. The van der Waals surface area contributed by atoms with E-state index in [-0.39, 0.29) is 5.84 Å². The molecule has 0 amide bonds. The van der Waals surface area contributed by atoms with Gasteiger partial charge in [-0.25, -0.2) is 9.78 Å². The molecule has 6 nitrogen and oxygen atoms in total. The third-order valence-electron chi connectivity index (χ3n) is 5.67. The number of hydrogen-bond acceptors (Lipinski definition) is 3. The van der Waals surface area contributed by atoms with Crippen molar-refractivity contribution >= 4 is 22.8 Å². The third-order valence-corrected chi connectivity index (χ3v) is 5.67. The number of imidazole rings is 1. The average molecular weight is 427 g/mol. The molecule has 4 aromatic rings. The Labute approximate surface area is 186 Å². The number of rotatable bonds is 7. The van der Waals surface area contributed by atoms with Crippen molar-refractivity contribution in [2.24, 2.45) is 5.73 Å². The second kappa shape index (κ2) is 8.67. The molecule has 0 saturated heterocycles. The van der Waals surface area contributed by atoms with E-state index in [4.69, 9.17) is 16.1 Å². The highest BCUT2D eigenvalue weighted by atomic mass is 16.4. The molecule has 0 bridgehead atoms. The first-order chi connectivity index (χ1) is 15.4. The molecule has 32 heavy (non-hydrogen) atoms. The number of carboxylic acid groups (broad SMARTS) is 1. The van der Waals surface area contributed by atoms with Gasteiger partial charge in [-0.05, 0) is 53.8 Å². The quantitative estimate of drug-likeness (QED) is 0.286. The summed E-state index contributed by atoms with van der Waals surface area (Å²) in [7, 11) is 0. The first-order valence-corrected chi connectivity index (χ1v) is 10.6. The van der Waals surface area contributed by atoms with Gasteiger partial charge in [-0.2, -0.15) is 0 Å². The average Bonchev–Trinajstić information content (AvgIpc) is 3.12. The molecule has 0 aliphatic carbocycles. The molecular formula is C26H26N4O2. The summed E-state index contributed by atoms with van der Waals surface area (Å²) in [5, 5.41) is 17.3. The normalized spacial score (nSPS) is 11.1. The Morgan fingerprint density at radius 1 is 1.12 bits per heavy atom. The summed E-state index contributed by atoms with van der Waals surface area (Å²) in [6.45, 7) is 4.76. The number of carboxylic acids is 1. The smallest absolute Gasteiger partial charge is 0.336 e. The van der Waals surface area contributed by atoms with Crippen LogP contribution in [0.4, 0.5) is 0 Å². The topological polar surface area (TPSA) is 105 Å². The van der Waals surface area contributed by atoms with Crippen LogP contribution in [0, 0.1) is 12.3 Å². The summed E-state index contributed by atoms with van der Waals surface area (Å²) in [5.74, 6) is 0.114. The lowest BCUT2D eigenvalue weighted by Gasteiger charge is -2.12. The number of hydrogen-bond donors (Lipinski definition) is 3. The Bertz CT molecular complexity index is 1320. The molecule has 1 aromatic heterocycles. The van der Waals surface area contributed by atoms with Crippen LogP contribution in [0.3, 0.4) is 0 Å². The van der Waals surface area contributed by atoms with E-state index >= 15 is 0 Å². The minimum atomic E-state index is -0.935. The van der Waals surface area contributed by atoms with Gasteiger partial charge < -0.3 is 15.4 Å². The molecular weight excluding hydrogens is 400 g/mol. The predicted octanol–water partition coefficient (Wildman–Crippen LogP) is 4.99. The summed E-state index contributed by atoms with van der Waals surface area (Å²) < 4.78 is 2.19. The van der Waals surface area contributed by atoms with Gasteiger partial charge in [0.25, 0.3) is 0 Å². The highest BCUT2D eigenvalue weighted by Crippen LogP contribution is 2.27. The number of fused-ring (bicyclic) bond motifs is 1. The van der Waals surface area contributed by atoms with E-state index in [0.717, 1.165) is 46.4 Å². The molecule has 4 rings (SSSR count). The number of aromatic carboxylic acids is 1. The molecule has 1 heterocycles. The fourth-order valence-electron chi connectivity index (χ4n) is 4.08. The van der Waals surface area contributed by atoms with Gasteiger partial charge in [-0.3, -0.25) is 5.41 Å². The molecule has 0 saturated carbocycles. The summed E-state index contributed by atoms with van der Waals surface area (Å²) in [4.78, 5) is 16.4. The van der Waals surface area contributed by atoms with Crippen LogP contribution in [0.2, 0.25) is 0 Å². The van der Waals surface area contributed by atoms with Crippen LogP contribution in [0.1, 0.15) is 46.2 Å². The number of aromatic nitrogens is 2. The zero-order valence-corrected chi connectivity index (χ0v) is 18.2. The second-order valence-electron chi connectivity index (χ2n) is 7.99. The minimum Gasteiger partial charge on any atom is -0.478 e. The van der Waals surface area contributed by atoms with Crippen LogP contribution < -0.4 is 5.73 Å². The van der Waals surface area contributed by atoms with Crippen molar-refractivity contribution in [3.05, 3.63) is 88.7 Å². The molecule has 0 unspecified atom stereocenters. The number of carbonyl (C=O) groups is 1. The van der Waals surface area contributed by atoms with Gasteiger partial charge in [0.05, 0.1) is 16.6 Å². The first-order valence-electron chi connectivity index (χ1n) is 10.6. The maximum atomic E-state index is 11.6. The number of amidine groups is 1. The van der Waals surface area contributed by atoms with Crippen LogP contribution in [0.5, 0.6) is 0 Å². The van der Waals surface area contributed by atoms with Crippen molar-refractivity contribution in [1.29, 1.82) is 5.41 Å². The van der Waals surface area contributed by atoms with Gasteiger partial charge in [0.15, 0.2) is 0 Å². The van der Waals surface area contributed by atoms with Crippen molar-refractivity contribution in [2.45, 2.75) is 33.2 Å². The summed E-state index contributed by atoms with van der Waals surface area (Å²) in [5.41, 5.74) is 12.3. The van der Waals surface area contributed by atoms with Crippen LogP contribution >= 0.6 is 0 Å². The first kappa shape index (κ1) is 21.3. The summed E-state index contributed by atoms with van der Waals surface area (Å²) >= 11 is 0. The standard InChI is InChI=1S/C26H26N4O2/c1-3-6-23-29-24-16(2)13-19(25(27)28)14-22(24)30(23)15-17-9-11-18(12-10-17)20-7-4-5-8-21(20)26(31)32/h4-5,7-14H,3,6,15H2,1-2H3,(H3,27,28)(H,31,32). The Morgan fingerprint density at radius 2 is 1.84 bits per heavy atom. The Balaban J connectivity index is 1.74. The van der Waals surface area contributed by atoms with Gasteiger partial charge in [0.2, 0.25) is 0 Å². The lowest BCUT2D eigenvalue weighted by atomic mass is 9.98. The Kier molecular flexibility index (Phi) is 5.77. The van der Waals surface area contributed by atoms with Crippen molar-refractivity contribution in [2.75, 3.05) is 0 Å². The molecule has 6 heteroatoms. The van der Waals surface area contributed by atoms with Crippen molar-refractivity contribution in [1.82, 2.24) is 9.55 Å². The zero-order chi connectivity index (χ0) is 22.8.